The molecule has 0 heterocycles. The van der Waals surface area contributed by atoms with Gasteiger partial charge in [-0.05, 0) is 88.9 Å². The van der Waals surface area contributed by atoms with Crippen LogP contribution in [-0.4, -0.2) is 12.5 Å². The molecular formula is C37H61NO. The Balaban J connectivity index is -0.000000212. The fraction of sp³-hybridized carbons (Fsp3) is 0.459. The minimum atomic E-state index is 0.165. The normalized spacial score (nSPS) is 9.44. The topological polar surface area (TPSA) is 40.9 Å². The largest absolute Gasteiger partial charge is 0.317 e. The maximum atomic E-state index is 11.2. The van der Waals surface area contributed by atoms with E-state index < -0.39 is 0 Å². The van der Waals surface area contributed by atoms with Gasteiger partial charge in [-0.25, -0.2) is 0 Å². The zero-order chi connectivity index (χ0) is 31.4. The molecule has 0 amide bonds. The second-order valence-electron chi connectivity index (χ2n) is 9.10. The molecule has 0 spiro atoms. The number of unbranched alkanes of at least 4 members (excludes halogenated alkanes) is 1. The van der Waals surface area contributed by atoms with Gasteiger partial charge >= 0.3 is 0 Å². The van der Waals surface area contributed by atoms with Gasteiger partial charge in [0.2, 0.25) is 0 Å². The second-order valence-corrected chi connectivity index (χ2v) is 9.10. The smallest absolute Gasteiger partial charge is 0.155 e. The highest BCUT2D eigenvalue weighted by Crippen LogP contribution is 2.21. The number of hydrogen-bond acceptors (Lipinski definition) is 2. The van der Waals surface area contributed by atoms with Gasteiger partial charge in [-0.15, -0.1) is 0 Å². The van der Waals surface area contributed by atoms with Gasteiger partial charge in [0, 0.05) is 0 Å². The van der Waals surface area contributed by atoms with Gasteiger partial charge in [0.1, 0.15) is 0 Å². The van der Waals surface area contributed by atoms with E-state index in [1.54, 1.807) is 6.92 Å². The van der Waals surface area contributed by atoms with Gasteiger partial charge in [0.25, 0.3) is 0 Å². The van der Waals surface area contributed by atoms with Gasteiger partial charge < -0.3 is 5.41 Å². The first-order valence-electron chi connectivity index (χ1n) is 14.4. The van der Waals surface area contributed by atoms with Crippen molar-refractivity contribution in [3.63, 3.8) is 0 Å². The molecule has 0 radical (unpaired) electrons. The minimum Gasteiger partial charge on any atom is -0.317 e. The van der Waals surface area contributed by atoms with Crippen molar-refractivity contribution in [2.24, 2.45) is 0 Å². The van der Waals surface area contributed by atoms with Crippen LogP contribution in [0, 0.1) is 26.2 Å². The summed E-state index contributed by atoms with van der Waals surface area (Å²) in [5.41, 5.74) is 9.53. The van der Waals surface area contributed by atoms with E-state index in [0.29, 0.717) is 0 Å². The van der Waals surface area contributed by atoms with Gasteiger partial charge in [-0.1, -0.05) is 139 Å². The maximum Gasteiger partial charge on any atom is 0.155 e. The molecule has 2 heteroatoms. The first-order valence-corrected chi connectivity index (χ1v) is 14.4. The van der Waals surface area contributed by atoms with Crippen LogP contribution in [0.15, 0.2) is 78.4 Å². The highest BCUT2D eigenvalue weighted by atomic mass is 16.1. The first-order chi connectivity index (χ1) is 18.5. The molecule has 2 aromatic rings. The SMILES string of the molecule is C=C(C)c1ccc(C)c(C)c1.C=C(CC)/C(CCC)=C(\C)C(C)=O.C=N.CC.CCCC.Cc1ccccc1. The Morgan fingerprint density at radius 3 is 1.51 bits per heavy atom. The van der Waals surface area contributed by atoms with Crippen LogP contribution in [0.5, 0.6) is 0 Å². The summed E-state index contributed by atoms with van der Waals surface area (Å²) in [7, 11) is 0. The predicted molar refractivity (Wildman–Crippen MR) is 181 cm³/mol. The maximum absolute atomic E-state index is 11.2. The fourth-order valence-corrected chi connectivity index (χ4v) is 2.85. The van der Waals surface area contributed by atoms with Crippen LogP contribution in [-0.2, 0) is 4.79 Å². The van der Waals surface area contributed by atoms with Crippen molar-refractivity contribution in [2.45, 2.75) is 115 Å². The van der Waals surface area contributed by atoms with E-state index in [1.165, 1.54) is 35.1 Å². The van der Waals surface area contributed by atoms with Crippen LogP contribution < -0.4 is 0 Å². The van der Waals surface area contributed by atoms with E-state index in [1.807, 2.05) is 45.9 Å². The summed E-state index contributed by atoms with van der Waals surface area (Å²) in [5.74, 6) is 0.165. The van der Waals surface area contributed by atoms with E-state index >= 15 is 0 Å². The third-order valence-corrected chi connectivity index (χ3v) is 5.77. The lowest BCUT2D eigenvalue weighted by Crippen LogP contribution is -2.00. The molecule has 1 N–H and O–H groups in total. The summed E-state index contributed by atoms with van der Waals surface area (Å²) in [6, 6.07) is 16.7. The lowest BCUT2D eigenvalue weighted by Gasteiger charge is -2.11. The Kier molecular flexibility index (Phi) is 32.6. The van der Waals surface area contributed by atoms with E-state index in [4.69, 9.17) is 5.41 Å². The molecule has 0 aliphatic rings. The lowest BCUT2D eigenvalue weighted by molar-refractivity contribution is -0.113. The van der Waals surface area contributed by atoms with Crippen LogP contribution in [0.25, 0.3) is 5.57 Å². The molecule has 0 aliphatic heterocycles. The number of aryl methyl sites for hydroxylation is 3. The lowest BCUT2D eigenvalue weighted by atomic mass is 9.94. The van der Waals surface area contributed by atoms with Crippen molar-refractivity contribution in [3.8, 4) is 0 Å². The fourth-order valence-electron chi connectivity index (χ4n) is 2.85. The van der Waals surface area contributed by atoms with Crippen molar-refractivity contribution >= 4 is 18.1 Å². The first kappa shape index (κ1) is 43.1. The quantitative estimate of drug-likeness (QED) is 0.214. The number of benzene rings is 2. The summed E-state index contributed by atoms with van der Waals surface area (Å²) in [5, 5.41) is 5.50. The summed E-state index contributed by atoms with van der Waals surface area (Å²) < 4.78 is 0. The molecular weight excluding hydrogens is 474 g/mol. The molecule has 0 aliphatic carbocycles. The molecule has 39 heavy (non-hydrogen) atoms. The summed E-state index contributed by atoms with van der Waals surface area (Å²) >= 11 is 0. The van der Waals surface area contributed by atoms with E-state index in [9.17, 15) is 4.79 Å². The summed E-state index contributed by atoms with van der Waals surface area (Å²) in [6.07, 6.45) is 5.61. The van der Waals surface area contributed by atoms with E-state index in [2.05, 4.69) is 98.7 Å². The highest BCUT2D eigenvalue weighted by Gasteiger charge is 2.07. The van der Waals surface area contributed by atoms with Gasteiger partial charge in [-0.2, -0.15) is 0 Å². The van der Waals surface area contributed by atoms with Gasteiger partial charge in [0.15, 0.2) is 5.78 Å². The van der Waals surface area contributed by atoms with Crippen LogP contribution in [0.4, 0.5) is 0 Å². The summed E-state index contributed by atoms with van der Waals surface area (Å²) in [4.78, 5) is 11.2. The zero-order valence-corrected chi connectivity index (χ0v) is 27.7. The summed E-state index contributed by atoms with van der Waals surface area (Å²) in [6.45, 7) is 34.8. The Morgan fingerprint density at radius 1 is 0.744 bits per heavy atom. The van der Waals surface area contributed by atoms with Crippen LogP contribution >= 0.6 is 0 Å². The number of carbonyl (C=O) groups is 1. The molecule has 0 unspecified atom stereocenters. The van der Waals surface area contributed by atoms with E-state index in [0.717, 1.165) is 41.6 Å². The standard InChI is InChI=1S/C12H20O.C11H14.C7H8.C4H10.C2H6.CH3N/c1-6-8-12(9(3)7-2)10(4)11(5)13;1-8(2)11-6-5-9(3)10(4)7-11;1-7-5-3-2-4-6-7;1-3-4-2;2*1-2/h3,6-8H2,1-2,4-5H3;5-7H,1H2,2-4H3;2-6H,1H3;3-4H2,1-2H3;1-2H3;2H,1H2/b12-10+;;;;;. The molecule has 0 atom stereocenters. The molecule has 0 fully saturated rings. The van der Waals surface area contributed by atoms with Crippen LogP contribution in [0.2, 0.25) is 0 Å². The van der Waals surface area contributed by atoms with Gasteiger partial charge in [-0.3, -0.25) is 4.79 Å². The van der Waals surface area contributed by atoms with Crippen molar-refractivity contribution < 1.29 is 4.79 Å². The molecule has 2 nitrogen and oxygen atoms in total. The van der Waals surface area contributed by atoms with Crippen molar-refractivity contribution in [1.82, 2.24) is 0 Å². The second kappa shape index (κ2) is 29.6. The number of allylic oxidation sites excluding steroid dienone is 4. The highest BCUT2D eigenvalue weighted by molar-refractivity contribution is 5.94. The Labute approximate surface area is 243 Å². The number of Topliss-reactive ketones (excluding diaryl/α,β-unsaturated/α-hetero) is 1. The van der Waals surface area contributed by atoms with Crippen molar-refractivity contribution in [2.75, 3.05) is 0 Å². The molecule has 220 valence electrons. The Morgan fingerprint density at radius 2 is 1.23 bits per heavy atom. The average Bonchev–Trinajstić information content (AvgIpc) is 2.95. The predicted octanol–water partition coefficient (Wildman–Crippen LogP) is 12.1. The number of carbonyl (C=O) groups excluding carboxylic acids is 1. The molecule has 0 saturated carbocycles. The van der Waals surface area contributed by atoms with Crippen molar-refractivity contribution in [1.29, 1.82) is 5.41 Å². The molecule has 2 aromatic carbocycles. The molecule has 0 aromatic heterocycles. The number of rotatable bonds is 7. The zero-order valence-electron chi connectivity index (χ0n) is 27.7. The van der Waals surface area contributed by atoms with Crippen molar-refractivity contribution in [3.05, 3.63) is 101 Å². The monoisotopic (exact) mass is 535 g/mol. The number of ketones is 1. The molecule has 0 bridgehead atoms. The van der Waals surface area contributed by atoms with Crippen LogP contribution in [0.3, 0.4) is 0 Å². The molecule has 2 rings (SSSR count). The Hall–Kier alpha value is -3.00. The molecule has 0 saturated heterocycles. The third kappa shape index (κ3) is 23.8. The van der Waals surface area contributed by atoms with Crippen LogP contribution in [0.1, 0.15) is 117 Å². The minimum absolute atomic E-state index is 0.165. The van der Waals surface area contributed by atoms with E-state index in [-0.39, 0.29) is 5.78 Å². The average molecular weight is 536 g/mol. The van der Waals surface area contributed by atoms with Gasteiger partial charge in [0.05, 0.1) is 0 Å². The third-order valence-electron chi connectivity index (χ3n) is 5.77. The Bertz CT molecular complexity index is 933. The number of nitrogens with one attached hydrogen (secondary N) is 1. The number of hydrogen-bond donors (Lipinski definition) is 1.